The predicted molar refractivity (Wildman–Crippen MR) is 90.6 cm³/mol. The Hall–Kier alpha value is -1.58. The Balaban J connectivity index is 2.22. The van der Waals surface area contributed by atoms with Gasteiger partial charge in [0.25, 0.3) is 0 Å². The van der Waals surface area contributed by atoms with Crippen LogP contribution in [-0.2, 0) is 0 Å². The lowest BCUT2D eigenvalue weighted by Gasteiger charge is -2.19. The monoisotopic (exact) mass is 304 g/mol. The van der Waals surface area contributed by atoms with Gasteiger partial charge in [-0.25, -0.2) is 0 Å². The van der Waals surface area contributed by atoms with Gasteiger partial charge in [-0.1, -0.05) is 48.1 Å². The van der Waals surface area contributed by atoms with Gasteiger partial charge >= 0.3 is 0 Å². The molecule has 0 aliphatic carbocycles. The summed E-state index contributed by atoms with van der Waals surface area (Å²) in [7, 11) is 0. The van der Waals surface area contributed by atoms with Gasteiger partial charge in [0, 0.05) is 11.6 Å². The maximum Gasteiger partial charge on any atom is 0.104 e. The Morgan fingerprint density at radius 2 is 1.95 bits per heavy atom. The van der Waals surface area contributed by atoms with Crippen molar-refractivity contribution in [1.82, 2.24) is 0 Å². The fraction of sp³-hybridized carbons (Fsp3) is 0.188. The van der Waals surface area contributed by atoms with Crippen LogP contribution in [0, 0.1) is 6.92 Å². The highest BCUT2D eigenvalue weighted by molar-refractivity contribution is 7.80. The Kier molecular flexibility index (Phi) is 4.63. The number of halogens is 1. The maximum absolute atomic E-state index is 6.27. The summed E-state index contributed by atoms with van der Waals surface area (Å²) in [6.45, 7) is 4.21. The summed E-state index contributed by atoms with van der Waals surface area (Å²) < 4.78 is 0. The summed E-state index contributed by atoms with van der Waals surface area (Å²) in [5, 5.41) is 4.04. The Bertz CT molecular complexity index is 640. The standard InChI is InChI=1S/C16H17ClN2S/c1-10-5-3-4-6-13(10)11(2)19-15-8-7-12(16(18)20)9-14(15)17/h3-9,11,19H,1-2H3,(H2,18,20). The third kappa shape index (κ3) is 3.30. The minimum absolute atomic E-state index is 0.171. The van der Waals surface area contributed by atoms with Gasteiger partial charge in [-0.3, -0.25) is 0 Å². The number of nitrogens with one attached hydrogen (secondary N) is 1. The van der Waals surface area contributed by atoms with Crippen LogP contribution >= 0.6 is 23.8 Å². The lowest BCUT2D eigenvalue weighted by Crippen LogP contribution is -2.11. The predicted octanol–water partition coefficient (Wildman–Crippen LogP) is 4.46. The minimum atomic E-state index is 0.171. The van der Waals surface area contributed by atoms with Crippen molar-refractivity contribution in [3.63, 3.8) is 0 Å². The molecule has 1 unspecified atom stereocenters. The molecule has 0 spiro atoms. The molecule has 0 bridgehead atoms. The van der Waals surface area contributed by atoms with Crippen molar-refractivity contribution in [2.45, 2.75) is 19.9 Å². The first kappa shape index (κ1) is 14.8. The first-order valence-corrected chi connectivity index (χ1v) is 7.19. The maximum atomic E-state index is 6.27. The molecular weight excluding hydrogens is 288 g/mol. The van der Waals surface area contributed by atoms with Crippen LogP contribution in [0.15, 0.2) is 42.5 Å². The zero-order chi connectivity index (χ0) is 14.7. The van der Waals surface area contributed by atoms with Crippen LogP contribution in [0.3, 0.4) is 0 Å². The highest BCUT2D eigenvalue weighted by atomic mass is 35.5. The highest BCUT2D eigenvalue weighted by Crippen LogP contribution is 2.28. The van der Waals surface area contributed by atoms with E-state index < -0.39 is 0 Å². The van der Waals surface area contributed by atoms with Crippen LogP contribution in [0.25, 0.3) is 0 Å². The van der Waals surface area contributed by atoms with Crippen molar-refractivity contribution in [2.24, 2.45) is 5.73 Å². The third-order valence-corrected chi connectivity index (χ3v) is 3.83. The van der Waals surface area contributed by atoms with Gasteiger partial charge in [0.1, 0.15) is 4.99 Å². The molecule has 2 aromatic carbocycles. The van der Waals surface area contributed by atoms with Gasteiger partial charge < -0.3 is 11.1 Å². The second kappa shape index (κ2) is 6.25. The quantitative estimate of drug-likeness (QED) is 0.819. The molecule has 0 aliphatic rings. The molecule has 0 fully saturated rings. The molecule has 3 N–H and O–H groups in total. The topological polar surface area (TPSA) is 38.0 Å². The van der Waals surface area contributed by atoms with E-state index in [1.807, 2.05) is 24.3 Å². The lowest BCUT2D eigenvalue weighted by molar-refractivity contribution is 0.874. The van der Waals surface area contributed by atoms with E-state index in [4.69, 9.17) is 29.6 Å². The van der Waals surface area contributed by atoms with Gasteiger partial charge in [-0.15, -0.1) is 0 Å². The zero-order valence-electron chi connectivity index (χ0n) is 11.5. The van der Waals surface area contributed by atoms with Crippen molar-refractivity contribution in [3.8, 4) is 0 Å². The van der Waals surface area contributed by atoms with E-state index in [-0.39, 0.29) is 6.04 Å². The van der Waals surface area contributed by atoms with Gasteiger partial charge in [-0.2, -0.15) is 0 Å². The Labute approximate surface area is 130 Å². The molecule has 0 saturated heterocycles. The molecule has 2 aromatic rings. The number of hydrogen-bond acceptors (Lipinski definition) is 2. The van der Waals surface area contributed by atoms with Crippen LogP contribution < -0.4 is 11.1 Å². The van der Waals surface area contributed by atoms with Crippen molar-refractivity contribution >= 4 is 34.5 Å². The SMILES string of the molecule is Cc1ccccc1C(C)Nc1ccc(C(N)=S)cc1Cl. The van der Waals surface area contributed by atoms with E-state index in [1.165, 1.54) is 11.1 Å². The van der Waals surface area contributed by atoms with Crippen molar-refractivity contribution in [1.29, 1.82) is 0 Å². The van der Waals surface area contributed by atoms with Gasteiger partial charge in [0.05, 0.1) is 10.7 Å². The van der Waals surface area contributed by atoms with E-state index in [0.29, 0.717) is 10.0 Å². The van der Waals surface area contributed by atoms with E-state index in [2.05, 4.69) is 31.3 Å². The molecule has 0 amide bonds. The van der Waals surface area contributed by atoms with Gasteiger partial charge in [-0.05, 0) is 43.2 Å². The third-order valence-electron chi connectivity index (χ3n) is 3.28. The number of rotatable bonds is 4. The zero-order valence-corrected chi connectivity index (χ0v) is 13.1. The molecule has 20 heavy (non-hydrogen) atoms. The summed E-state index contributed by atoms with van der Waals surface area (Å²) in [5.74, 6) is 0. The Morgan fingerprint density at radius 1 is 1.25 bits per heavy atom. The van der Waals surface area contributed by atoms with Crippen LogP contribution in [0.4, 0.5) is 5.69 Å². The fourth-order valence-corrected chi connectivity index (χ4v) is 2.53. The first-order valence-electron chi connectivity index (χ1n) is 6.40. The molecule has 0 saturated carbocycles. The average Bonchev–Trinajstić information content (AvgIpc) is 2.41. The fourth-order valence-electron chi connectivity index (χ4n) is 2.17. The summed E-state index contributed by atoms with van der Waals surface area (Å²) in [5.41, 5.74) is 9.76. The minimum Gasteiger partial charge on any atom is -0.389 e. The van der Waals surface area contributed by atoms with Gasteiger partial charge in [0.15, 0.2) is 0 Å². The van der Waals surface area contributed by atoms with E-state index in [1.54, 1.807) is 6.07 Å². The number of anilines is 1. The van der Waals surface area contributed by atoms with Crippen LogP contribution in [0.5, 0.6) is 0 Å². The number of hydrogen-bond donors (Lipinski definition) is 2. The molecular formula is C16H17ClN2S. The van der Waals surface area contributed by atoms with Gasteiger partial charge in [0.2, 0.25) is 0 Å². The molecule has 0 aromatic heterocycles. The second-order valence-electron chi connectivity index (χ2n) is 4.78. The molecule has 4 heteroatoms. The van der Waals surface area contributed by atoms with Crippen molar-refractivity contribution < 1.29 is 0 Å². The molecule has 1 atom stereocenters. The molecule has 0 radical (unpaired) electrons. The average molecular weight is 305 g/mol. The summed E-state index contributed by atoms with van der Waals surface area (Å²) in [6.07, 6.45) is 0. The Morgan fingerprint density at radius 3 is 2.55 bits per heavy atom. The van der Waals surface area contributed by atoms with Crippen LogP contribution in [0.1, 0.15) is 29.7 Å². The largest absolute Gasteiger partial charge is 0.389 e. The van der Waals surface area contributed by atoms with Crippen LogP contribution in [-0.4, -0.2) is 4.99 Å². The molecule has 2 rings (SSSR count). The van der Waals surface area contributed by atoms with Crippen LogP contribution in [0.2, 0.25) is 5.02 Å². The van der Waals surface area contributed by atoms with E-state index >= 15 is 0 Å². The summed E-state index contributed by atoms with van der Waals surface area (Å²) in [6, 6.07) is 14.0. The first-order chi connectivity index (χ1) is 9.49. The molecule has 0 heterocycles. The smallest absolute Gasteiger partial charge is 0.104 e. The molecule has 2 nitrogen and oxygen atoms in total. The summed E-state index contributed by atoms with van der Waals surface area (Å²) >= 11 is 11.2. The second-order valence-corrected chi connectivity index (χ2v) is 5.63. The van der Waals surface area contributed by atoms with E-state index in [0.717, 1.165) is 11.3 Å². The highest BCUT2D eigenvalue weighted by Gasteiger charge is 2.10. The number of nitrogens with two attached hydrogens (primary N) is 1. The van der Waals surface area contributed by atoms with Crippen molar-refractivity contribution in [3.05, 3.63) is 64.2 Å². The normalized spacial score (nSPS) is 11.9. The molecule has 0 aliphatic heterocycles. The van der Waals surface area contributed by atoms with E-state index in [9.17, 15) is 0 Å². The van der Waals surface area contributed by atoms with Crippen molar-refractivity contribution in [2.75, 3.05) is 5.32 Å². The lowest BCUT2D eigenvalue weighted by atomic mass is 10.0. The number of thiocarbonyl (C=S) groups is 1. The number of aryl methyl sites for hydroxylation is 1. The summed E-state index contributed by atoms with van der Waals surface area (Å²) in [4.78, 5) is 0.352. The molecule has 104 valence electrons. The number of benzene rings is 2.